The number of aliphatic hydroxyl groups is 2. The zero-order chi connectivity index (χ0) is 7.11. The van der Waals surface area contributed by atoms with Crippen LogP contribution in [0.1, 0.15) is 19.8 Å². The van der Waals surface area contributed by atoms with Crippen LogP contribution in [0.5, 0.6) is 0 Å². The molecule has 0 amide bonds. The van der Waals surface area contributed by atoms with E-state index in [1.165, 1.54) is 0 Å². The number of hydrogen-bond acceptors (Lipinski definition) is 2. The fourth-order valence-corrected chi connectivity index (χ4v) is 0.547. The molecular weight excluding hydrogens is 116 g/mol. The van der Waals surface area contributed by atoms with Crippen LogP contribution < -0.4 is 0 Å². The Morgan fingerprint density at radius 3 is 2.67 bits per heavy atom. The third kappa shape index (κ3) is 5.37. The molecule has 2 heteroatoms. The summed E-state index contributed by atoms with van der Waals surface area (Å²) in [5.74, 6) is 0.348. The van der Waals surface area contributed by atoms with Gasteiger partial charge in [-0.15, -0.1) is 0 Å². The van der Waals surface area contributed by atoms with Crippen LogP contribution in [-0.4, -0.2) is 16.8 Å². The molecule has 0 aliphatic heterocycles. The topological polar surface area (TPSA) is 40.5 Å². The first kappa shape index (κ1) is 8.50. The fourth-order valence-electron chi connectivity index (χ4n) is 0.547. The molecule has 0 radical (unpaired) electrons. The number of rotatable bonds is 4. The van der Waals surface area contributed by atoms with Crippen LogP contribution in [0, 0.1) is 5.92 Å². The lowest BCUT2D eigenvalue weighted by atomic mass is 10.1. The van der Waals surface area contributed by atoms with Crippen LogP contribution in [0.3, 0.4) is 0 Å². The predicted octanol–water partition coefficient (Wildman–Crippen LogP) is 1.47. The SMILES string of the molecule is CC(CO)CCC=CO. The van der Waals surface area contributed by atoms with E-state index in [4.69, 9.17) is 10.2 Å². The van der Waals surface area contributed by atoms with Crippen LogP contribution >= 0.6 is 0 Å². The minimum atomic E-state index is 0.235. The van der Waals surface area contributed by atoms with E-state index in [1.807, 2.05) is 6.92 Å². The molecule has 0 aromatic rings. The van der Waals surface area contributed by atoms with Crippen molar-refractivity contribution in [2.45, 2.75) is 19.8 Å². The summed E-state index contributed by atoms with van der Waals surface area (Å²) in [5, 5.41) is 16.8. The van der Waals surface area contributed by atoms with Gasteiger partial charge in [-0.2, -0.15) is 0 Å². The summed E-state index contributed by atoms with van der Waals surface area (Å²) in [6.07, 6.45) is 4.52. The number of aliphatic hydroxyl groups excluding tert-OH is 2. The summed E-state index contributed by atoms with van der Waals surface area (Å²) in [6, 6.07) is 0. The highest BCUT2D eigenvalue weighted by molar-refractivity contribution is 4.72. The second-order valence-corrected chi connectivity index (χ2v) is 2.25. The fraction of sp³-hybridized carbons (Fsp3) is 0.714. The minimum Gasteiger partial charge on any atom is -0.516 e. The standard InChI is InChI=1S/C7H14O2/c1-7(6-9)4-2-3-5-8/h3,5,7-9H,2,4,6H2,1H3. The Balaban J connectivity index is 3.06. The molecule has 1 unspecified atom stereocenters. The average Bonchev–Trinajstić information content (AvgIpc) is 1.89. The van der Waals surface area contributed by atoms with Crippen molar-refractivity contribution in [2.24, 2.45) is 5.92 Å². The summed E-state index contributed by atoms with van der Waals surface area (Å²) in [4.78, 5) is 0. The van der Waals surface area contributed by atoms with Gasteiger partial charge in [-0.05, 0) is 18.8 Å². The van der Waals surface area contributed by atoms with E-state index < -0.39 is 0 Å². The van der Waals surface area contributed by atoms with Crippen molar-refractivity contribution < 1.29 is 10.2 Å². The molecule has 0 rings (SSSR count). The van der Waals surface area contributed by atoms with E-state index in [9.17, 15) is 0 Å². The zero-order valence-electron chi connectivity index (χ0n) is 5.75. The summed E-state index contributed by atoms with van der Waals surface area (Å²) in [7, 11) is 0. The van der Waals surface area contributed by atoms with Gasteiger partial charge in [0.15, 0.2) is 0 Å². The maximum atomic E-state index is 8.55. The molecule has 0 heterocycles. The van der Waals surface area contributed by atoms with E-state index >= 15 is 0 Å². The Hall–Kier alpha value is -0.500. The van der Waals surface area contributed by atoms with Gasteiger partial charge in [0, 0.05) is 6.61 Å². The molecule has 0 aliphatic rings. The molecule has 1 atom stereocenters. The molecule has 9 heavy (non-hydrogen) atoms. The third-order valence-corrected chi connectivity index (χ3v) is 1.24. The highest BCUT2D eigenvalue weighted by Crippen LogP contribution is 2.03. The van der Waals surface area contributed by atoms with E-state index in [-0.39, 0.29) is 6.61 Å². The molecule has 0 saturated carbocycles. The van der Waals surface area contributed by atoms with Crippen LogP contribution in [0.2, 0.25) is 0 Å². The zero-order valence-corrected chi connectivity index (χ0v) is 5.75. The predicted molar refractivity (Wildman–Crippen MR) is 37.3 cm³/mol. The third-order valence-electron chi connectivity index (χ3n) is 1.24. The van der Waals surface area contributed by atoms with Gasteiger partial charge < -0.3 is 10.2 Å². The molecule has 2 N–H and O–H groups in total. The van der Waals surface area contributed by atoms with Crippen molar-refractivity contribution in [2.75, 3.05) is 6.61 Å². The summed E-state index contributed by atoms with van der Waals surface area (Å²) in [6.45, 7) is 2.21. The molecule has 0 aromatic heterocycles. The van der Waals surface area contributed by atoms with Gasteiger partial charge in [-0.25, -0.2) is 0 Å². The van der Waals surface area contributed by atoms with E-state index in [0.29, 0.717) is 5.92 Å². The van der Waals surface area contributed by atoms with Crippen LogP contribution in [-0.2, 0) is 0 Å². The highest BCUT2D eigenvalue weighted by atomic mass is 16.3. The molecule has 0 fully saturated rings. The quantitative estimate of drug-likeness (QED) is 0.566. The van der Waals surface area contributed by atoms with Gasteiger partial charge in [0.2, 0.25) is 0 Å². The van der Waals surface area contributed by atoms with Gasteiger partial charge in [-0.1, -0.05) is 13.0 Å². The van der Waals surface area contributed by atoms with E-state index in [1.54, 1.807) is 6.08 Å². The van der Waals surface area contributed by atoms with Gasteiger partial charge >= 0.3 is 0 Å². The van der Waals surface area contributed by atoms with Gasteiger partial charge in [0.05, 0.1) is 6.26 Å². The monoisotopic (exact) mass is 130 g/mol. The summed E-state index contributed by atoms with van der Waals surface area (Å²) in [5.41, 5.74) is 0. The lowest BCUT2D eigenvalue weighted by Crippen LogP contribution is -1.98. The molecule has 0 spiro atoms. The van der Waals surface area contributed by atoms with E-state index in [2.05, 4.69) is 0 Å². The van der Waals surface area contributed by atoms with Crippen molar-refractivity contribution in [3.8, 4) is 0 Å². The van der Waals surface area contributed by atoms with Crippen molar-refractivity contribution in [1.82, 2.24) is 0 Å². The first-order chi connectivity index (χ1) is 4.31. The Kier molecular flexibility index (Phi) is 5.32. The largest absolute Gasteiger partial charge is 0.516 e. The normalized spacial score (nSPS) is 14.4. The van der Waals surface area contributed by atoms with Crippen molar-refractivity contribution in [1.29, 1.82) is 0 Å². The smallest absolute Gasteiger partial charge is 0.0751 e. The number of hydrogen-bond donors (Lipinski definition) is 2. The molecular formula is C7H14O2. The van der Waals surface area contributed by atoms with Crippen LogP contribution in [0.4, 0.5) is 0 Å². The van der Waals surface area contributed by atoms with Gasteiger partial charge in [0.25, 0.3) is 0 Å². The second-order valence-electron chi connectivity index (χ2n) is 2.25. The van der Waals surface area contributed by atoms with Crippen molar-refractivity contribution in [3.63, 3.8) is 0 Å². The molecule has 0 aromatic carbocycles. The van der Waals surface area contributed by atoms with Crippen molar-refractivity contribution in [3.05, 3.63) is 12.3 Å². The maximum Gasteiger partial charge on any atom is 0.0751 e. The first-order valence-electron chi connectivity index (χ1n) is 3.21. The summed E-state index contributed by atoms with van der Waals surface area (Å²) < 4.78 is 0. The Labute approximate surface area is 55.8 Å². The van der Waals surface area contributed by atoms with E-state index in [0.717, 1.165) is 19.1 Å². The van der Waals surface area contributed by atoms with Crippen molar-refractivity contribution >= 4 is 0 Å². The average molecular weight is 130 g/mol. The minimum absolute atomic E-state index is 0.235. The van der Waals surface area contributed by atoms with Crippen LogP contribution in [0.15, 0.2) is 12.3 Å². The highest BCUT2D eigenvalue weighted by Gasteiger charge is 1.95. The Morgan fingerprint density at radius 1 is 1.56 bits per heavy atom. The number of allylic oxidation sites excluding steroid dienone is 1. The lowest BCUT2D eigenvalue weighted by Gasteiger charge is -2.02. The molecule has 54 valence electrons. The Bertz CT molecular complexity index is 79.0. The summed E-state index contributed by atoms with van der Waals surface area (Å²) >= 11 is 0. The van der Waals surface area contributed by atoms with Gasteiger partial charge in [0.1, 0.15) is 0 Å². The molecule has 0 bridgehead atoms. The molecule has 0 saturated heterocycles. The second kappa shape index (κ2) is 5.63. The lowest BCUT2D eigenvalue weighted by molar-refractivity contribution is 0.231. The van der Waals surface area contributed by atoms with Crippen LogP contribution in [0.25, 0.3) is 0 Å². The van der Waals surface area contributed by atoms with Gasteiger partial charge in [-0.3, -0.25) is 0 Å². The molecule has 0 aliphatic carbocycles. The Morgan fingerprint density at radius 2 is 2.22 bits per heavy atom. The maximum absolute atomic E-state index is 8.55. The molecule has 2 nitrogen and oxygen atoms in total. The first-order valence-corrected chi connectivity index (χ1v) is 3.21.